The molecular weight excluding hydrogens is 328 g/mol. The average molecular weight is 354 g/mol. The predicted molar refractivity (Wildman–Crippen MR) is 101 cm³/mol. The summed E-state index contributed by atoms with van der Waals surface area (Å²) in [6.07, 6.45) is 6.53. The molecule has 1 aliphatic carbocycles. The molecule has 6 heteroatoms. The van der Waals surface area contributed by atoms with Gasteiger partial charge < -0.3 is 20.5 Å². The second-order valence-electron chi connectivity index (χ2n) is 7.39. The Kier molecular flexibility index (Phi) is 4.82. The van der Waals surface area contributed by atoms with Crippen LogP contribution in [0.1, 0.15) is 31.2 Å². The number of amides is 3. The van der Waals surface area contributed by atoms with Gasteiger partial charge in [-0.05, 0) is 43.7 Å². The summed E-state index contributed by atoms with van der Waals surface area (Å²) >= 11 is 0. The summed E-state index contributed by atoms with van der Waals surface area (Å²) in [5.41, 5.74) is 2.36. The Bertz CT molecular complexity index is 788. The molecule has 1 saturated carbocycles. The van der Waals surface area contributed by atoms with Crippen LogP contribution < -0.4 is 10.6 Å². The summed E-state index contributed by atoms with van der Waals surface area (Å²) in [4.78, 5) is 29.6. The molecule has 2 heterocycles. The van der Waals surface area contributed by atoms with Crippen LogP contribution >= 0.6 is 0 Å². The lowest BCUT2D eigenvalue weighted by Crippen LogP contribution is -2.47. The Morgan fingerprint density at radius 3 is 2.65 bits per heavy atom. The van der Waals surface area contributed by atoms with Gasteiger partial charge >= 0.3 is 6.03 Å². The van der Waals surface area contributed by atoms with Gasteiger partial charge in [0, 0.05) is 48.7 Å². The third kappa shape index (κ3) is 3.84. The molecule has 26 heavy (non-hydrogen) atoms. The van der Waals surface area contributed by atoms with Crippen LogP contribution in [0.4, 0.5) is 4.79 Å². The molecule has 0 spiro atoms. The summed E-state index contributed by atoms with van der Waals surface area (Å²) in [5, 5.41) is 7.30. The molecule has 138 valence electrons. The van der Waals surface area contributed by atoms with Gasteiger partial charge in [-0.2, -0.15) is 0 Å². The third-order valence-electron chi connectivity index (χ3n) is 5.43. The highest BCUT2D eigenvalue weighted by molar-refractivity contribution is 5.83. The number of fused-ring (bicyclic) bond motifs is 1. The number of aromatic amines is 1. The van der Waals surface area contributed by atoms with E-state index in [0.29, 0.717) is 25.7 Å². The van der Waals surface area contributed by atoms with Crippen LogP contribution in [-0.2, 0) is 11.2 Å². The van der Waals surface area contributed by atoms with Crippen LogP contribution in [0, 0.1) is 5.92 Å². The first-order valence-corrected chi connectivity index (χ1v) is 9.59. The predicted octanol–water partition coefficient (Wildman–Crippen LogP) is 2.41. The number of benzene rings is 1. The molecule has 2 aliphatic rings. The molecule has 0 bridgehead atoms. The van der Waals surface area contributed by atoms with Crippen LogP contribution in [-0.4, -0.2) is 47.5 Å². The third-order valence-corrected chi connectivity index (χ3v) is 5.43. The van der Waals surface area contributed by atoms with E-state index in [0.717, 1.165) is 37.6 Å². The molecule has 3 N–H and O–H groups in total. The van der Waals surface area contributed by atoms with E-state index in [4.69, 9.17) is 0 Å². The summed E-state index contributed by atoms with van der Waals surface area (Å²) < 4.78 is 0. The Morgan fingerprint density at radius 1 is 1.12 bits per heavy atom. The van der Waals surface area contributed by atoms with E-state index in [9.17, 15) is 9.59 Å². The van der Waals surface area contributed by atoms with Gasteiger partial charge in [0.15, 0.2) is 0 Å². The number of H-pyrrole nitrogens is 1. The zero-order valence-corrected chi connectivity index (χ0v) is 15.0. The Labute approximate surface area is 153 Å². The summed E-state index contributed by atoms with van der Waals surface area (Å²) in [7, 11) is 0. The minimum absolute atomic E-state index is 0.0166. The summed E-state index contributed by atoms with van der Waals surface area (Å²) in [6.45, 7) is 1.97. The Morgan fingerprint density at radius 2 is 1.88 bits per heavy atom. The molecular formula is C20H26N4O2. The van der Waals surface area contributed by atoms with Crippen molar-refractivity contribution in [3.63, 3.8) is 0 Å². The van der Waals surface area contributed by atoms with Crippen molar-refractivity contribution in [1.82, 2.24) is 20.5 Å². The highest BCUT2D eigenvalue weighted by Gasteiger charge is 2.30. The lowest BCUT2D eigenvalue weighted by Gasteiger charge is -2.31. The SMILES string of the molecule is O=C(NCCc1c[nH]c2ccccc12)C1CCN(C(=O)NC2CC2)CC1. The van der Waals surface area contributed by atoms with Gasteiger partial charge in [0.05, 0.1) is 0 Å². The first-order valence-electron chi connectivity index (χ1n) is 9.59. The molecule has 4 rings (SSSR count). The number of carbonyl (C=O) groups excluding carboxylic acids is 2. The fourth-order valence-corrected chi connectivity index (χ4v) is 3.64. The van der Waals surface area contributed by atoms with Crippen LogP contribution in [0.5, 0.6) is 0 Å². The van der Waals surface area contributed by atoms with Gasteiger partial charge in [-0.25, -0.2) is 4.79 Å². The van der Waals surface area contributed by atoms with Crippen molar-refractivity contribution in [2.75, 3.05) is 19.6 Å². The van der Waals surface area contributed by atoms with Crippen molar-refractivity contribution in [2.24, 2.45) is 5.92 Å². The number of piperidine rings is 1. The van der Waals surface area contributed by atoms with Gasteiger partial charge in [-0.15, -0.1) is 0 Å². The maximum absolute atomic E-state index is 12.4. The molecule has 1 saturated heterocycles. The zero-order chi connectivity index (χ0) is 17.9. The average Bonchev–Trinajstić information content (AvgIpc) is 3.39. The van der Waals surface area contributed by atoms with Crippen LogP contribution in [0.15, 0.2) is 30.5 Å². The number of aromatic nitrogens is 1. The van der Waals surface area contributed by atoms with E-state index >= 15 is 0 Å². The standard InChI is InChI=1S/C20H26N4O2/c25-19(14-8-11-24(12-9-14)20(26)23-16-5-6-16)21-10-7-15-13-22-18-4-2-1-3-17(15)18/h1-4,13-14,16,22H,5-12H2,(H,21,25)(H,23,26). The van der Waals surface area contributed by atoms with Crippen molar-refractivity contribution in [1.29, 1.82) is 0 Å². The second kappa shape index (κ2) is 7.40. The van der Waals surface area contributed by atoms with E-state index in [1.54, 1.807) is 0 Å². The highest BCUT2D eigenvalue weighted by Crippen LogP contribution is 2.22. The Hall–Kier alpha value is -2.50. The Balaban J connectivity index is 1.21. The summed E-state index contributed by atoms with van der Waals surface area (Å²) in [6, 6.07) is 8.63. The number of nitrogens with one attached hydrogen (secondary N) is 3. The monoisotopic (exact) mass is 354 g/mol. The molecule has 1 aromatic carbocycles. The first-order chi connectivity index (χ1) is 12.7. The second-order valence-corrected chi connectivity index (χ2v) is 7.39. The molecule has 0 radical (unpaired) electrons. The van der Waals surface area contributed by atoms with Gasteiger partial charge in [0.25, 0.3) is 0 Å². The quantitative estimate of drug-likeness (QED) is 0.771. The van der Waals surface area contributed by atoms with Crippen LogP contribution in [0.2, 0.25) is 0 Å². The van der Waals surface area contributed by atoms with E-state index in [1.165, 1.54) is 10.9 Å². The topological polar surface area (TPSA) is 77.2 Å². The van der Waals surface area contributed by atoms with Crippen LogP contribution in [0.3, 0.4) is 0 Å². The van der Waals surface area contributed by atoms with Gasteiger partial charge in [0.1, 0.15) is 0 Å². The normalized spacial score (nSPS) is 18.1. The number of para-hydroxylation sites is 1. The number of hydrogen-bond acceptors (Lipinski definition) is 2. The van der Waals surface area contributed by atoms with Crippen molar-refractivity contribution >= 4 is 22.8 Å². The number of hydrogen-bond donors (Lipinski definition) is 3. The molecule has 2 aromatic rings. The van der Waals surface area contributed by atoms with E-state index in [-0.39, 0.29) is 17.9 Å². The highest BCUT2D eigenvalue weighted by atomic mass is 16.2. The van der Waals surface area contributed by atoms with E-state index in [2.05, 4.69) is 27.8 Å². The minimum Gasteiger partial charge on any atom is -0.361 e. The van der Waals surface area contributed by atoms with Crippen molar-refractivity contribution in [3.05, 3.63) is 36.0 Å². The van der Waals surface area contributed by atoms with Gasteiger partial charge in [-0.3, -0.25) is 4.79 Å². The lowest BCUT2D eigenvalue weighted by molar-refractivity contribution is -0.126. The molecule has 0 unspecified atom stereocenters. The fraction of sp³-hybridized carbons (Fsp3) is 0.500. The van der Waals surface area contributed by atoms with Crippen LogP contribution in [0.25, 0.3) is 10.9 Å². The molecule has 1 aromatic heterocycles. The largest absolute Gasteiger partial charge is 0.361 e. The van der Waals surface area contributed by atoms with Crippen molar-refractivity contribution in [2.45, 2.75) is 38.1 Å². The van der Waals surface area contributed by atoms with E-state index in [1.807, 2.05) is 23.2 Å². The molecule has 2 fully saturated rings. The maximum Gasteiger partial charge on any atom is 0.317 e. The lowest BCUT2D eigenvalue weighted by atomic mass is 9.96. The number of urea groups is 1. The number of likely N-dealkylation sites (tertiary alicyclic amines) is 1. The molecule has 1 aliphatic heterocycles. The fourth-order valence-electron chi connectivity index (χ4n) is 3.64. The maximum atomic E-state index is 12.4. The smallest absolute Gasteiger partial charge is 0.317 e. The zero-order valence-electron chi connectivity index (χ0n) is 15.0. The number of rotatable bonds is 5. The van der Waals surface area contributed by atoms with Crippen molar-refractivity contribution < 1.29 is 9.59 Å². The first kappa shape index (κ1) is 16.9. The van der Waals surface area contributed by atoms with E-state index < -0.39 is 0 Å². The van der Waals surface area contributed by atoms with Gasteiger partial charge in [0.2, 0.25) is 5.91 Å². The van der Waals surface area contributed by atoms with Gasteiger partial charge in [-0.1, -0.05) is 18.2 Å². The number of carbonyl (C=O) groups is 2. The summed E-state index contributed by atoms with van der Waals surface area (Å²) in [5.74, 6) is 0.134. The van der Waals surface area contributed by atoms with Crippen molar-refractivity contribution in [3.8, 4) is 0 Å². The molecule has 6 nitrogen and oxygen atoms in total. The molecule has 3 amide bonds. The molecule has 0 atom stereocenters. The minimum atomic E-state index is 0.0166. The number of nitrogens with zero attached hydrogens (tertiary/aromatic N) is 1.